The van der Waals surface area contributed by atoms with Gasteiger partial charge in [0.1, 0.15) is 5.82 Å². The fourth-order valence-corrected chi connectivity index (χ4v) is 1.98. The van der Waals surface area contributed by atoms with E-state index in [9.17, 15) is 9.18 Å². The SMILES string of the molecule is O=C(O)CC1=CCC(c2ccccc2F)C=C1. The molecule has 3 heteroatoms. The lowest BCUT2D eigenvalue weighted by molar-refractivity contribution is -0.136. The molecule has 0 heterocycles. The molecule has 0 amide bonds. The van der Waals surface area contributed by atoms with Crippen LogP contribution >= 0.6 is 0 Å². The van der Waals surface area contributed by atoms with Gasteiger partial charge in [-0.15, -0.1) is 0 Å². The Morgan fingerprint density at radius 3 is 2.76 bits per heavy atom. The van der Waals surface area contributed by atoms with Crippen LogP contribution in [0.15, 0.2) is 48.1 Å². The normalized spacial score (nSPS) is 18.9. The minimum absolute atomic E-state index is 0.00810. The topological polar surface area (TPSA) is 37.3 Å². The number of aliphatic carboxylic acids is 1. The summed E-state index contributed by atoms with van der Waals surface area (Å²) in [6.07, 6.45) is 6.19. The maximum absolute atomic E-state index is 13.5. The molecular formula is C14H13FO2. The fraction of sp³-hybridized carbons (Fsp3) is 0.214. The largest absolute Gasteiger partial charge is 0.481 e. The van der Waals surface area contributed by atoms with Crippen molar-refractivity contribution < 1.29 is 14.3 Å². The number of carboxylic acids is 1. The third kappa shape index (κ3) is 2.81. The summed E-state index contributed by atoms with van der Waals surface area (Å²) < 4.78 is 13.5. The van der Waals surface area contributed by atoms with E-state index in [1.54, 1.807) is 18.2 Å². The molecule has 1 aromatic rings. The molecule has 0 radical (unpaired) electrons. The van der Waals surface area contributed by atoms with Crippen molar-refractivity contribution in [3.63, 3.8) is 0 Å². The Morgan fingerprint density at radius 2 is 2.18 bits per heavy atom. The Bertz CT molecular complexity index is 489. The smallest absolute Gasteiger partial charge is 0.307 e. The van der Waals surface area contributed by atoms with Crippen LogP contribution in [0.25, 0.3) is 0 Å². The van der Waals surface area contributed by atoms with Crippen LogP contribution in [0.1, 0.15) is 24.3 Å². The zero-order valence-electron chi connectivity index (χ0n) is 9.27. The fourth-order valence-electron chi connectivity index (χ4n) is 1.98. The molecule has 0 aliphatic heterocycles. The number of rotatable bonds is 3. The van der Waals surface area contributed by atoms with Gasteiger partial charge in [0.2, 0.25) is 0 Å². The van der Waals surface area contributed by atoms with Crippen LogP contribution in [-0.4, -0.2) is 11.1 Å². The number of hydrogen-bond acceptors (Lipinski definition) is 1. The average molecular weight is 232 g/mol. The van der Waals surface area contributed by atoms with Crippen LogP contribution in [0.3, 0.4) is 0 Å². The van der Waals surface area contributed by atoms with Crippen molar-refractivity contribution in [1.29, 1.82) is 0 Å². The quantitative estimate of drug-likeness (QED) is 0.868. The highest BCUT2D eigenvalue weighted by atomic mass is 19.1. The van der Waals surface area contributed by atoms with Gasteiger partial charge in [-0.3, -0.25) is 4.79 Å². The number of carbonyl (C=O) groups is 1. The molecule has 1 aromatic carbocycles. The Kier molecular flexibility index (Phi) is 3.38. The molecule has 17 heavy (non-hydrogen) atoms. The molecule has 1 aliphatic carbocycles. The number of hydrogen-bond donors (Lipinski definition) is 1. The maximum Gasteiger partial charge on any atom is 0.307 e. The lowest BCUT2D eigenvalue weighted by atomic mass is 9.89. The Balaban J connectivity index is 2.10. The number of benzene rings is 1. The van der Waals surface area contributed by atoms with Crippen molar-refractivity contribution >= 4 is 5.97 Å². The van der Waals surface area contributed by atoms with Crippen LogP contribution in [0, 0.1) is 5.82 Å². The minimum Gasteiger partial charge on any atom is -0.481 e. The van der Waals surface area contributed by atoms with Gasteiger partial charge in [0.05, 0.1) is 6.42 Å². The first-order valence-electron chi connectivity index (χ1n) is 5.50. The third-order valence-corrected chi connectivity index (χ3v) is 2.84. The predicted molar refractivity (Wildman–Crippen MR) is 63.2 cm³/mol. The third-order valence-electron chi connectivity index (χ3n) is 2.84. The summed E-state index contributed by atoms with van der Waals surface area (Å²) in [7, 11) is 0. The van der Waals surface area contributed by atoms with E-state index in [0.29, 0.717) is 12.0 Å². The van der Waals surface area contributed by atoms with Crippen molar-refractivity contribution in [3.8, 4) is 0 Å². The molecule has 1 unspecified atom stereocenters. The second kappa shape index (κ2) is 4.95. The van der Waals surface area contributed by atoms with Crippen molar-refractivity contribution in [2.45, 2.75) is 18.8 Å². The summed E-state index contributed by atoms with van der Waals surface area (Å²) in [6, 6.07) is 6.68. The van der Waals surface area contributed by atoms with Gasteiger partial charge in [-0.25, -0.2) is 4.39 Å². The predicted octanol–water partition coefficient (Wildman–Crippen LogP) is 3.27. The second-order valence-corrected chi connectivity index (χ2v) is 4.07. The van der Waals surface area contributed by atoms with Gasteiger partial charge in [0.15, 0.2) is 0 Å². The van der Waals surface area contributed by atoms with E-state index >= 15 is 0 Å². The molecule has 1 atom stereocenters. The molecule has 1 aliphatic rings. The first-order chi connectivity index (χ1) is 8.16. The lowest BCUT2D eigenvalue weighted by Gasteiger charge is -2.16. The van der Waals surface area contributed by atoms with Gasteiger partial charge in [-0.2, -0.15) is 0 Å². The van der Waals surface area contributed by atoms with E-state index < -0.39 is 5.97 Å². The van der Waals surface area contributed by atoms with E-state index in [2.05, 4.69) is 0 Å². The molecular weight excluding hydrogens is 219 g/mol. The van der Waals surface area contributed by atoms with Gasteiger partial charge in [-0.05, 0) is 23.6 Å². The average Bonchev–Trinajstić information content (AvgIpc) is 2.30. The Morgan fingerprint density at radius 1 is 1.41 bits per heavy atom. The highest BCUT2D eigenvalue weighted by Gasteiger charge is 2.15. The number of halogens is 1. The highest BCUT2D eigenvalue weighted by molar-refractivity contribution is 5.71. The lowest BCUT2D eigenvalue weighted by Crippen LogP contribution is -2.03. The van der Waals surface area contributed by atoms with Crippen LogP contribution < -0.4 is 0 Å². The van der Waals surface area contributed by atoms with Gasteiger partial charge in [0.25, 0.3) is 0 Å². The van der Waals surface area contributed by atoms with Crippen molar-refractivity contribution in [2.24, 2.45) is 0 Å². The van der Waals surface area contributed by atoms with Crippen LogP contribution in [-0.2, 0) is 4.79 Å². The molecule has 0 saturated carbocycles. The zero-order valence-corrected chi connectivity index (χ0v) is 9.27. The Hall–Kier alpha value is -1.90. The van der Waals surface area contributed by atoms with Crippen molar-refractivity contribution in [1.82, 2.24) is 0 Å². The molecule has 2 rings (SSSR count). The van der Waals surface area contributed by atoms with Crippen LogP contribution in [0.2, 0.25) is 0 Å². The summed E-state index contributed by atoms with van der Waals surface area (Å²) in [4.78, 5) is 10.5. The van der Waals surface area contributed by atoms with E-state index in [1.165, 1.54) is 6.07 Å². The van der Waals surface area contributed by atoms with E-state index in [0.717, 1.165) is 5.57 Å². The standard InChI is InChI=1S/C14H13FO2/c15-13-4-2-1-3-12(13)11-7-5-10(6-8-11)9-14(16)17/h1-7,11H,8-9H2,(H,16,17). The first-order valence-corrected chi connectivity index (χ1v) is 5.50. The highest BCUT2D eigenvalue weighted by Crippen LogP contribution is 2.29. The summed E-state index contributed by atoms with van der Waals surface area (Å²) in [5.41, 5.74) is 1.44. The summed E-state index contributed by atoms with van der Waals surface area (Å²) >= 11 is 0. The van der Waals surface area contributed by atoms with E-state index in [1.807, 2.05) is 18.2 Å². The summed E-state index contributed by atoms with van der Waals surface area (Å²) in [5, 5.41) is 8.66. The van der Waals surface area contributed by atoms with Crippen LogP contribution in [0.5, 0.6) is 0 Å². The molecule has 0 saturated heterocycles. The molecule has 0 spiro atoms. The first kappa shape index (κ1) is 11.6. The molecule has 0 aromatic heterocycles. The molecule has 88 valence electrons. The molecule has 0 bridgehead atoms. The van der Waals surface area contributed by atoms with Gasteiger partial charge >= 0.3 is 5.97 Å². The minimum atomic E-state index is -0.842. The van der Waals surface area contributed by atoms with Crippen molar-refractivity contribution in [2.75, 3.05) is 0 Å². The maximum atomic E-state index is 13.5. The summed E-state index contributed by atoms with van der Waals surface area (Å²) in [5.74, 6) is -1.05. The molecule has 2 nitrogen and oxygen atoms in total. The molecule has 1 N–H and O–H groups in total. The van der Waals surface area contributed by atoms with Crippen LogP contribution in [0.4, 0.5) is 4.39 Å². The van der Waals surface area contributed by atoms with Crippen molar-refractivity contribution in [3.05, 3.63) is 59.4 Å². The monoisotopic (exact) mass is 232 g/mol. The van der Waals surface area contributed by atoms with Gasteiger partial charge in [-0.1, -0.05) is 36.4 Å². The number of carboxylic acid groups (broad SMARTS) is 1. The van der Waals surface area contributed by atoms with Gasteiger partial charge < -0.3 is 5.11 Å². The summed E-state index contributed by atoms with van der Waals surface area (Å²) in [6.45, 7) is 0. The van der Waals surface area contributed by atoms with E-state index in [4.69, 9.17) is 5.11 Å². The zero-order chi connectivity index (χ0) is 12.3. The van der Waals surface area contributed by atoms with E-state index in [-0.39, 0.29) is 18.2 Å². The second-order valence-electron chi connectivity index (χ2n) is 4.07. The number of allylic oxidation sites excluding steroid dienone is 3. The molecule has 0 fully saturated rings. The Labute approximate surface area is 99.1 Å². The van der Waals surface area contributed by atoms with Gasteiger partial charge in [0, 0.05) is 5.92 Å².